The van der Waals surface area contributed by atoms with Crippen molar-refractivity contribution in [3.05, 3.63) is 85.3 Å². The second kappa shape index (κ2) is 12.8. The van der Waals surface area contributed by atoms with Crippen molar-refractivity contribution in [2.75, 3.05) is 29.2 Å². The van der Waals surface area contributed by atoms with E-state index in [2.05, 4.69) is 5.32 Å². The summed E-state index contributed by atoms with van der Waals surface area (Å²) in [5.41, 5.74) is 2.34. The van der Waals surface area contributed by atoms with Crippen LogP contribution in [0.1, 0.15) is 48.2 Å². The molecule has 1 saturated carbocycles. The third-order valence-electron chi connectivity index (χ3n) is 7.07. The van der Waals surface area contributed by atoms with E-state index in [4.69, 9.17) is 74.3 Å². The van der Waals surface area contributed by atoms with Crippen LogP contribution in [0.25, 0.3) is 0 Å². The zero-order valence-corrected chi connectivity index (χ0v) is 29.1. The van der Waals surface area contributed by atoms with Crippen LogP contribution in [-0.4, -0.2) is 41.9 Å². The number of amides is 3. The number of alkyl halides is 2. The van der Waals surface area contributed by atoms with Crippen molar-refractivity contribution in [3.8, 4) is 0 Å². The predicted octanol–water partition coefficient (Wildman–Crippen LogP) is 9.78. The average Bonchev–Trinajstić information content (AvgIpc) is 3.52. The van der Waals surface area contributed by atoms with Crippen LogP contribution in [-0.2, 0) is 9.53 Å². The molecule has 1 fully saturated rings. The first kappa shape index (κ1) is 34.5. The van der Waals surface area contributed by atoms with Crippen LogP contribution in [0.15, 0.2) is 48.5 Å². The lowest BCUT2D eigenvalue weighted by Gasteiger charge is -2.26. The van der Waals surface area contributed by atoms with Gasteiger partial charge in [-0.1, -0.05) is 46.4 Å². The summed E-state index contributed by atoms with van der Waals surface area (Å²) in [6.07, 6.45) is -0.501. The molecule has 0 unspecified atom stereocenters. The molecule has 7 nitrogen and oxygen atoms in total. The second-order valence-electron chi connectivity index (χ2n) is 11.5. The predicted molar refractivity (Wildman–Crippen MR) is 181 cm³/mol. The van der Waals surface area contributed by atoms with E-state index in [0.29, 0.717) is 22.6 Å². The molecule has 1 aliphatic rings. The van der Waals surface area contributed by atoms with Gasteiger partial charge in [-0.2, -0.15) is 0 Å². The number of carbonyl (C=O) groups is 3. The Morgan fingerprint density at radius 1 is 0.864 bits per heavy atom. The summed E-state index contributed by atoms with van der Waals surface area (Å²) in [6.45, 7) is 7.19. The molecule has 44 heavy (non-hydrogen) atoms. The van der Waals surface area contributed by atoms with Crippen molar-refractivity contribution in [1.82, 2.24) is 0 Å². The first-order valence-corrected chi connectivity index (χ1v) is 15.6. The molecule has 0 heterocycles. The van der Waals surface area contributed by atoms with Gasteiger partial charge in [0, 0.05) is 37.1 Å². The number of carbonyl (C=O) groups excluding carboxylic acids is 3. The Hall–Kier alpha value is -2.39. The van der Waals surface area contributed by atoms with Crippen LogP contribution in [0, 0.1) is 12.8 Å². The van der Waals surface area contributed by atoms with E-state index in [1.165, 1.54) is 21.9 Å². The van der Waals surface area contributed by atoms with Gasteiger partial charge in [-0.05, 0) is 87.4 Å². The van der Waals surface area contributed by atoms with Gasteiger partial charge in [-0.3, -0.25) is 14.5 Å². The fraction of sp³-hybridized carbons (Fsp3) is 0.323. The minimum Gasteiger partial charge on any atom is -0.443 e. The van der Waals surface area contributed by atoms with Crippen LogP contribution in [0.5, 0.6) is 0 Å². The van der Waals surface area contributed by atoms with E-state index in [0.717, 1.165) is 5.56 Å². The smallest absolute Gasteiger partial charge is 0.414 e. The number of aryl methyl sites for hydroxylation is 1. The van der Waals surface area contributed by atoms with E-state index in [9.17, 15) is 14.4 Å². The molecule has 0 aromatic heterocycles. The third-order valence-corrected chi connectivity index (χ3v) is 9.53. The van der Waals surface area contributed by atoms with Crippen LogP contribution in [0.4, 0.5) is 21.9 Å². The fourth-order valence-electron chi connectivity index (χ4n) is 4.76. The Balaban J connectivity index is 1.51. The maximum Gasteiger partial charge on any atom is 0.414 e. The fourth-order valence-corrected chi connectivity index (χ4v) is 6.40. The minimum atomic E-state index is -1.41. The zero-order chi connectivity index (χ0) is 32.9. The monoisotopic (exact) mass is 717 g/mol. The zero-order valence-electron chi connectivity index (χ0n) is 24.6. The molecular weight excluding hydrogens is 691 g/mol. The highest BCUT2D eigenvalue weighted by molar-refractivity contribution is 6.54. The third kappa shape index (κ3) is 7.19. The molecular formula is C31H29Cl6N3O4. The minimum absolute atomic E-state index is 0.160. The standard InChI is InChI=1S/C31H29Cl6N3O4/c1-15-11-18(39(5)29(43)44-30(2,3)4)8-10-23(15)40(6)28(42)19-14-17(7-9-20(19)32)38-27(41)25-24(31(25,36)37)16-12-21(33)26(35)22(34)13-16/h7-14,24-25H,1-6H3,(H,38,41)/t24-,25+/m0/s1. The van der Waals surface area contributed by atoms with Crippen LogP contribution in [0.3, 0.4) is 0 Å². The Kier molecular flexibility index (Phi) is 10.0. The van der Waals surface area contributed by atoms with Crippen LogP contribution < -0.4 is 15.1 Å². The van der Waals surface area contributed by atoms with E-state index < -0.39 is 39.7 Å². The molecule has 3 amide bonds. The summed E-state index contributed by atoms with van der Waals surface area (Å²) in [5.74, 6) is -2.28. The molecule has 0 radical (unpaired) electrons. The molecule has 4 rings (SSSR count). The summed E-state index contributed by atoms with van der Waals surface area (Å²) in [7, 11) is 3.22. The molecule has 0 aliphatic heterocycles. The van der Waals surface area contributed by atoms with Gasteiger partial charge >= 0.3 is 6.09 Å². The number of rotatable bonds is 6. The highest BCUT2D eigenvalue weighted by Crippen LogP contribution is 2.65. The quantitative estimate of drug-likeness (QED) is 0.203. The number of hydrogen-bond acceptors (Lipinski definition) is 4. The normalized spacial score (nSPS) is 17.1. The second-order valence-corrected chi connectivity index (χ2v) is 14.5. The van der Waals surface area contributed by atoms with Gasteiger partial charge in [0.05, 0.1) is 31.6 Å². The summed E-state index contributed by atoms with van der Waals surface area (Å²) < 4.78 is 4.03. The molecule has 234 valence electrons. The molecule has 3 aromatic carbocycles. The molecule has 1 aliphatic carbocycles. The number of anilines is 3. The largest absolute Gasteiger partial charge is 0.443 e. The molecule has 13 heteroatoms. The van der Waals surface area contributed by atoms with Gasteiger partial charge in [0.1, 0.15) is 9.93 Å². The Labute approximate surface area is 286 Å². The van der Waals surface area contributed by atoms with Gasteiger partial charge in [-0.15, -0.1) is 23.2 Å². The maximum atomic E-state index is 13.6. The molecule has 0 bridgehead atoms. The van der Waals surface area contributed by atoms with E-state index in [1.54, 1.807) is 71.3 Å². The van der Waals surface area contributed by atoms with E-state index in [-0.39, 0.29) is 25.7 Å². The first-order chi connectivity index (χ1) is 20.3. The van der Waals surface area contributed by atoms with Gasteiger partial charge in [0.15, 0.2) is 0 Å². The van der Waals surface area contributed by atoms with Crippen molar-refractivity contribution in [1.29, 1.82) is 0 Å². The van der Waals surface area contributed by atoms with E-state index in [1.807, 2.05) is 6.92 Å². The molecule has 0 saturated heterocycles. The molecule has 3 aromatic rings. The summed E-state index contributed by atoms with van der Waals surface area (Å²) in [5, 5.41) is 3.60. The van der Waals surface area contributed by atoms with Gasteiger partial charge in [0.25, 0.3) is 5.91 Å². The molecule has 0 spiro atoms. The number of hydrogen-bond donors (Lipinski definition) is 1. The maximum absolute atomic E-state index is 13.6. The number of nitrogens with one attached hydrogen (secondary N) is 1. The Morgan fingerprint density at radius 2 is 1.48 bits per heavy atom. The van der Waals surface area contributed by atoms with Gasteiger partial charge in [0.2, 0.25) is 5.91 Å². The molecule has 1 N–H and O–H groups in total. The van der Waals surface area contributed by atoms with Gasteiger partial charge in [-0.25, -0.2) is 4.79 Å². The van der Waals surface area contributed by atoms with Crippen LogP contribution in [0.2, 0.25) is 20.1 Å². The summed E-state index contributed by atoms with van der Waals surface area (Å²) >= 11 is 37.8. The lowest BCUT2D eigenvalue weighted by Crippen LogP contribution is -2.34. The van der Waals surface area contributed by atoms with Crippen molar-refractivity contribution in [3.63, 3.8) is 0 Å². The average molecular weight is 720 g/mol. The van der Waals surface area contributed by atoms with E-state index >= 15 is 0 Å². The van der Waals surface area contributed by atoms with Crippen LogP contribution >= 0.6 is 69.6 Å². The lowest BCUT2D eigenvalue weighted by atomic mass is 10.1. The van der Waals surface area contributed by atoms with Crippen molar-refractivity contribution in [2.24, 2.45) is 5.92 Å². The Morgan fingerprint density at radius 3 is 2.05 bits per heavy atom. The van der Waals surface area contributed by atoms with Crippen molar-refractivity contribution in [2.45, 2.75) is 43.5 Å². The molecule has 2 atom stereocenters. The van der Waals surface area contributed by atoms with Crippen molar-refractivity contribution < 1.29 is 19.1 Å². The number of ether oxygens (including phenoxy) is 1. The van der Waals surface area contributed by atoms with Gasteiger partial charge < -0.3 is 15.0 Å². The highest BCUT2D eigenvalue weighted by atomic mass is 35.5. The summed E-state index contributed by atoms with van der Waals surface area (Å²) in [6, 6.07) is 12.9. The Bertz CT molecular complexity index is 1630. The topological polar surface area (TPSA) is 79.0 Å². The first-order valence-electron chi connectivity index (χ1n) is 13.3. The summed E-state index contributed by atoms with van der Waals surface area (Å²) in [4.78, 5) is 42.2. The highest BCUT2D eigenvalue weighted by Gasteiger charge is 2.67. The number of nitrogens with zero attached hydrogens (tertiary/aromatic N) is 2. The number of benzene rings is 3. The van der Waals surface area contributed by atoms with Crippen molar-refractivity contribution >= 4 is 105 Å². The lowest BCUT2D eigenvalue weighted by molar-refractivity contribution is -0.117. The SMILES string of the molecule is Cc1cc(N(C)C(=O)OC(C)(C)C)ccc1N(C)C(=O)c1cc(NC(=O)[C@H]2[C@H](c3cc(Cl)c(Cl)c(Cl)c3)C2(Cl)Cl)ccc1Cl. The number of halogens is 6.